The van der Waals surface area contributed by atoms with Crippen LogP contribution < -0.4 is 10.2 Å². The minimum atomic E-state index is -1.09. The van der Waals surface area contributed by atoms with Gasteiger partial charge in [0.2, 0.25) is 5.91 Å². The number of hydrogen-bond acceptors (Lipinski definition) is 5. The summed E-state index contributed by atoms with van der Waals surface area (Å²) in [5, 5.41) is 8.83. The molecule has 6 nitrogen and oxygen atoms in total. The van der Waals surface area contributed by atoms with Gasteiger partial charge in [0.25, 0.3) is 5.91 Å². The van der Waals surface area contributed by atoms with Crippen LogP contribution in [-0.4, -0.2) is 21.4 Å². The lowest BCUT2D eigenvalue weighted by atomic mass is 10.0. The maximum absolute atomic E-state index is 13.7. The molecule has 1 unspecified atom stereocenters. The van der Waals surface area contributed by atoms with E-state index in [2.05, 4.69) is 14.9 Å². The van der Waals surface area contributed by atoms with E-state index < -0.39 is 17.9 Å². The van der Waals surface area contributed by atoms with Crippen LogP contribution in [0.1, 0.15) is 33.2 Å². The Hall–Kier alpha value is -3.33. The fraction of sp³-hybridized carbons (Fsp3) is 0.120. The van der Waals surface area contributed by atoms with Crippen LogP contribution in [0.2, 0.25) is 10.0 Å². The summed E-state index contributed by atoms with van der Waals surface area (Å²) >= 11 is 13.6. The predicted octanol–water partition coefficient (Wildman–Crippen LogP) is 6.00. The first kappa shape index (κ1) is 24.8. The molecule has 4 aromatic rings. The number of nitrogens with zero attached hydrogens (tertiary/aromatic N) is 3. The second-order valence-corrected chi connectivity index (χ2v) is 9.17. The summed E-state index contributed by atoms with van der Waals surface area (Å²) in [5.41, 5.74) is 2.62. The van der Waals surface area contributed by atoms with E-state index in [0.717, 1.165) is 17.1 Å². The van der Waals surface area contributed by atoms with Gasteiger partial charge in [-0.2, -0.15) is 0 Å². The molecule has 0 radical (unpaired) electrons. The van der Waals surface area contributed by atoms with E-state index in [0.29, 0.717) is 16.1 Å². The number of benzene rings is 3. The van der Waals surface area contributed by atoms with Crippen molar-refractivity contribution in [2.75, 3.05) is 4.90 Å². The van der Waals surface area contributed by atoms with Crippen molar-refractivity contribution in [3.05, 3.63) is 110 Å². The first-order valence-electron chi connectivity index (χ1n) is 10.5. The van der Waals surface area contributed by atoms with Crippen LogP contribution in [0.5, 0.6) is 0 Å². The van der Waals surface area contributed by atoms with Crippen LogP contribution in [0.3, 0.4) is 0 Å². The van der Waals surface area contributed by atoms with Gasteiger partial charge in [-0.1, -0.05) is 69.7 Å². The van der Waals surface area contributed by atoms with Crippen molar-refractivity contribution in [2.24, 2.45) is 0 Å². The zero-order valence-corrected chi connectivity index (χ0v) is 20.7. The Morgan fingerprint density at radius 1 is 1.06 bits per heavy atom. The average molecular weight is 529 g/mol. The van der Waals surface area contributed by atoms with Crippen LogP contribution in [0.4, 0.5) is 10.1 Å². The quantitative estimate of drug-likeness (QED) is 0.319. The highest BCUT2D eigenvalue weighted by Crippen LogP contribution is 2.36. The highest BCUT2D eigenvalue weighted by Gasteiger charge is 2.35. The van der Waals surface area contributed by atoms with Gasteiger partial charge in [0.15, 0.2) is 5.69 Å². The van der Waals surface area contributed by atoms with E-state index in [4.69, 9.17) is 23.2 Å². The van der Waals surface area contributed by atoms with Crippen molar-refractivity contribution in [1.82, 2.24) is 14.9 Å². The number of aryl methyl sites for hydroxylation is 1. The Balaban J connectivity index is 1.78. The Bertz CT molecular complexity index is 1330. The van der Waals surface area contributed by atoms with E-state index in [1.165, 1.54) is 28.5 Å². The van der Waals surface area contributed by atoms with Gasteiger partial charge >= 0.3 is 0 Å². The molecule has 1 heterocycles. The summed E-state index contributed by atoms with van der Waals surface area (Å²) in [6.45, 7) is 2.06. The lowest BCUT2D eigenvalue weighted by molar-refractivity contribution is -0.122. The molecule has 35 heavy (non-hydrogen) atoms. The average Bonchev–Trinajstić information content (AvgIpc) is 3.38. The molecule has 0 saturated heterocycles. The van der Waals surface area contributed by atoms with E-state index in [-0.39, 0.29) is 28.8 Å². The molecule has 3 aromatic carbocycles. The molecule has 0 aliphatic heterocycles. The Morgan fingerprint density at radius 2 is 1.77 bits per heavy atom. The molecule has 10 heteroatoms. The van der Waals surface area contributed by atoms with Crippen molar-refractivity contribution < 1.29 is 14.0 Å². The first-order valence-corrected chi connectivity index (χ1v) is 12.1. The normalized spacial score (nSPS) is 11.7. The number of hydrogen-bond donors (Lipinski definition) is 1. The second kappa shape index (κ2) is 10.9. The fourth-order valence-corrected chi connectivity index (χ4v) is 4.41. The molecule has 178 valence electrons. The van der Waals surface area contributed by atoms with Gasteiger partial charge in [-0.25, -0.2) is 4.39 Å². The zero-order valence-electron chi connectivity index (χ0n) is 18.4. The summed E-state index contributed by atoms with van der Waals surface area (Å²) in [7, 11) is 0. The zero-order chi connectivity index (χ0) is 24.9. The summed E-state index contributed by atoms with van der Waals surface area (Å²) < 4.78 is 17.1. The predicted molar refractivity (Wildman–Crippen MR) is 135 cm³/mol. The summed E-state index contributed by atoms with van der Waals surface area (Å²) in [4.78, 5) is 28.6. The van der Waals surface area contributed by atoms with Crippen LogP contribution in [0.25, 0.3) is 0 Å². The molecule has 0 saturated carbocycles. The van der Waals surface area contributed by atoms with Crippen LogP contribution in [0, 0.1) is 12.7 Å². The highest BCUT2D eigenvalue weighted by molar-refractivity contribution is 7.03. The molecule has 0 fully saturated rings. The largest absolute Gasteiger partial charge is 0.350 e. The Morgan fingerprint density at radius 3 is 2.40 bits per heavy atom. The first-order chi connectivity index (χ1) is 16.8. The van der Waals surface area contributed by atoms with Crippen molar-refractivity contribution in [2.45, 2.75) is 19.5 Å². The molecule has 0 spiro atoms. The number of anilines is 1. The molecule has 4 rings (SSSR count). The molecule has 1 N–H and O–H groups in total. The summed E-state index contributed by atoms with van der Waals surface area (Å²) in [6, 6.07) is 16.6. The molecular weight excluding hydrogens is 510 g/mol. The molecular formula is C25H19Cl2FN4O2S. The van der Waals surface area contributed by atoms with Gasteiger partial charge in [0.05, 0.1) is 10.7 Å². The minimum Gasteiger partial charge on any atom is -0.350 e. The minimum absolute atomic E-state index is 0.0736. The SMILES string of the molecule is Cc1ccc(C(C(=O)NCc2ccc(F)cc2)N(C(=O)c2csnn2)c2ccc(Cl)cc2Cl)cc1. The third-order valence-corrected chi connectivity index (χ3v) is 6.29. The number of carbonyl (C=O) groups excluding carboxylic acids is 2. The number of halogens is 3. The number of nitrogens with one attached hydrogen (secondary N) is 1. The van der Waals surface area contributed by atoms with E-state index >= 15 is 0 Å². The molecule has 0 aliphatic rings. The van der Waals surface area contributed by atoms with Crippen molar-refractivity contribution in [3.8, 4) is 0 Å². The van der Waals surface area contributed by atoms with Crippen LogP contribution in [-0.2, 0) is 11.3 Å². The molecule has 0 bridgehead atoms. The number of carbonyl (C=O) groups is 2. The van der Waals surface area contributed by atoms with E-state index in [1.807, 2.05) is 19.1 Å². The van der Waals surface area contributed by atoms with Gasteiger partial charge in [-0.05, 0) is 59.9 Å². The standard InChI is InChI=1S/C25H19Cl2FN4O2S/c1-15-2-6-17(7-3-15)23(24(33)29-13-16-4-9-19(28)10-5-16)32(25(34)21-14-35-31-30-21)22-11-8-18(26)12-20(22)27/h2-12,14,23H,13H2,1H3,(H,29,33). The molecule has 1 atom stereocenters. The lowest BCUT2D eigenvalue weighted by Crippen LogP contribution is -2.44. The smallest absolute Gasteiger partial charge is 0.280 e. The van der Waals surface area contributed by atoms with E-state index in [1.54, 1.807) is 36.4 Å². The Labute approximate surface area is 215 Å². The number of amides is 2. The summed E-state index contributed by atoms with van der Waals surface area (Å²) in [5.74, 6) is -1.38. The van der Waals surface area contributed by atoms with Gasteiger partial charge in [0.1, 0.15) is 11.9 Å². The Kier molecular flexibility index (Phi) is 7.75. The van der Waals surface area contributed by atoms with Crippen molar-refractivity contribution in [3.63, 3.8) is 0 Å². The van der Waals surface area contributed by atoms with Gasteiger partial charge in [-0.3, -0.25) is 14.5 Å². The second-order valence-electron chi connectivity index (χ2n) is 7.72. The topological polar surface area (TPSA) is 75.2 Å². The molecule has 1 aromatic heterocycles. The monoisotopic (exact) mass is 528 g/mol. The maximum Gasteiger partial charge on any atom is 0.280 e. The van der Waals surface area contributed by atoms with Gasteiger partial charge in [0, 0.05) is 16.9 Å². The highest BCUT2D eigenvalue weighted by atomic mass is 35.5. The summed E-state index contributed by atoms with van der Waals surface area (Å²) in [6.07, 6.45) is 0. The maximum atomic E-state index is 13.7. The number of rotatable bonds is 7. The van der Waals surface area contributed by atoms with Crippen molar-refractivity contribution >= 4 is 52.2 Å². The molecule has 2 amide bonds. The van der Waals surface area contributed by atoms with Gasteiger partial charge < -0.3 is 5.32 Å². The lowest BCUT2D eigenvalue weighted by Gasteiger charge is -2.31. The fourth-order valence-electron chi connectivity index (χ4n) is 3.48. The van der Waals surface area contributed by atoms with Crippen molar-refractivity contribution in [1.29, 1.82) is 0 Å². The van der Waals surface area contributed by atoms with E-state index in [9.17, 15) is 14.0 Å². The van der Waals surface area contributed by atoms with Crippen LogP contribution >= 0.6 is 34.7 Å². The number of aromatic nitrogens is 2. The third-order valence-electron chi connectivity index (χ3n) is 5.25. The third kappa shape index (κ3) is 5.85. The molecule has 0 aliphatic carbocycles. The van der Waals surface area contributed by atoms with Crippen LogP contribution in [0.15, 0.2) is 72.1 Å². The van der Waals surface area contributed by atoms with Gasteiger partial charge in [-0.15, -0.1) is 5.10 Å².